The number of halogens is 4. The molecule has 6 heteroatoms. The molecule has 24 heavy (non-hydrogen) atoms. The molecule has 1 N–H and O–H groups in total. The fraction of sp³-hybridized carbons (Fsp3) is 0.667. The minimum Gasteiger partial charge on any atom is -0.314 e. The van der Waals surface area contributed by atoms with Crippen molar-refractivity contribution in [3.05, 3.63) is 34.1 Å². The van der Waals surface area contributed by atoms with Gasteiger partial charge in [0.05, 0.1) is 0 Å². The van der Waals surface area contributed by atoms with Gasteiger partial charge in [0.1, 0.15) is 5.82 Å². The first kappa shape index (κ1) is 22.0. The van der Waals surface area contributed by atoms with Crippen LogP contribution in [0.2, 0.25) is 5.02 Å². The molecule has 0 radical (unpaired) electrons. The van der Waals surface area contributed by atoms with Crippen molar-refractivity contribution < 1.29 is 4.39 Å². The first-order valence-corrected chi connectivity index (χ1v) is 8.95. The van der Waals surface area contributed by atoms with E-state index in [1.807, 2.05) is 13.0 Å². The van der Waals surface area contributed by atoms with Gasteiger partial charge in [-0.05, 0) is 37.3 Å². The summed E-state index contributed by atoms with van der Waals surface area (Å²) in [6.07, 6.45) is 6.22. The Balaban J connectivity index is 0.00000144. The molecular formula is C18H28Cl3FN2. The molecule has 1 heterocycles. The number of aryl methyl sites for hydroxylation is 1. The zero-order chi connectivity index (χ0) is 15.5. The van der Waals surface area contributed by atoms with Gasteiger partial charge in [-0.2, -0.15) is 0 Å². The Kier molecular flexibility index (Phi) is 9.32. The highest BCUT2D eigenvalue weighted by molar-refractivity contribution is 6.31. The summed E-state index contributed by atoms with van der Waals surface area (Å²) in [5, 5.41) is 3.99. The second-order valence-corrected chi connectivity index (χ2v) is 7.13. The van der Waals surface area contributed by atoms with Gasteiger partial charge < -0.3 is 5.32 Å². The summed E-state index contributed by atoms with van der Waals surface area (Å²) in [6.45, 7) is 5.75. The first-order chi connectivity index (χ1) is 10.7. The minimum absolute atomic E-state index is 0. The number of rotatable bonds is 3. The van der Waals surface area contributed by atoms with Crippen LogP contribution in [0.1, 0.15) is 49.3 Å². The molecule has 1 aliphatic heterocycles. The summed E-state index contributed by atoms with van der Waals surface area (Å²) in [5.74, 6) is 0.433. The summed E-state index contributed by atoms with van der Waals surface area (Å²) < 4.78 is 14.9. The third kappa shape index (κ3) is 4.76. The van der Waals surface area contributed by atoms with E-state index in [1.165, 1.54) is 32.1 Å². The molecule has 0 unspecified atom stereocenters. The molecule has 0 aromatic heterocycles. The first-order valence-electron chi connectivity index (χ1n) is 8.57. The van der Waals surface area contributed by atoms with Gasteiger partial charge in [-0.25, -0.2) is 4.39 Å². The highest BCUT2D eigenvalue weighted by atomic mass is 35.5. The highest BCUT2D eigenvalue weighted by Gasteiger charge is 2.34. The van der Waals surface area contributed by atoms with Crippen LogP contribution < -0.4 is 5.32 Å². The van der Waals surface area contributed by atoms with Gasteiger partial charge in [0.15, 0.2) is 0 Å². The molecule has 138 valence electrons. The summed E-state index contributed by atoms with van der Waals surface area (Å²) >= 11 is 6.45. The van der Waals surface area contributed by atoms with Gasteiger partial charge in [-0.3, -0.25) is 4.90 Å². The predicted molar refractivity (Wildman–Crippen MR) is 104 cm³/mol. The lowest BCUT2D eigenvalue weighted by molar-refractivity contribution is 0.101. The SMILES string of the molecule is Cc1ccc(Cl)c([C@H](C2CCCCC2)N2CCNCC2)c1F.Cl.Cl. The number of piperazine rings is 1. The van der Waals surface area contributed by atoms with Crippen molar-refractivity contribution in [2.75, 3.05) is 26.2 Å². The van der Waals surface area contributed by atoms with Crippen LogP contribution in [0.5, 0.6) is 0 Å². The maximum absolute atomic E-state index is 14.9. The Labute approximate surface area is 162 Å². The molecule has 1 saturated heterocycles. The minimum atomic E-state index is -0.0957. The third-order valence-electron chi connectivity index (χ3n) is 5.26. The van der Waals surface area contributed by atoms with Crippen LogP contribution in [0, 0.1) is 18.7 Å². The van der Waals surface area contributed by atoms with Crippen molar-refractivity contribution in [2.24, 2.45) is 5.92 Å². The van der Waals surface area contributed by atoms with Crippen molar-refractivity contribution in [1.82, 2.24) is 10.2 Å². The van der Waals surface area contributed by atoms with Crippen LogP contribution >= 0.6 is 36.4 Å². The van der Waals surface area contributed by atoms with E-state index in [0.717, 1.165) is 31.7 Å². The fourth-order valence-corrected chi connectivity index (χ4v) is 4.33. The maximum atomic E-state index is 14.9. The van der Waals surface area contributed by atoms with Crippen molar-refractivity contribution >= 4 is 36.4 Å². The number of hydrogen-bond donors (Lipinski definition) is 1. The van der Waals surface area contributed by atoms with Crippen molar-refractivity contribution in [3.63, 3.8) is 0 Å². The number of benzene rings is 1. The molecule has 0 amide bonds. The maximum Gasteiger partial charge on any atom is 0.132 e. The van der Waals surface area contributed by atoms with E-state index in [0.29, 0.717) is 16.5 Å². The number of hydrogen-bond acceptors (Lipinski definition) is 2. The van der Waals surface area contributed by atoms with E-state index >= 15 is 0 Å². The molecular weight excluding hydrogens is 370 g/mol. The molecule has 1 aromatic carbocycles. The van der Waals surface area contributed by atoms with E-state index in [4.69, 9.17) is 11.6 Å². The van der Waals surface area contributed by atoms with E-state index in [-0.39, 0.29) is 36.7 Å². The quantitative estimate of drug-likeness (QED) is 0.758. The molecule has 2 aliphatic rings. The molecule has 1 atom stereocenters. The van der Waals surface area contributed by atoms with Crippen molar-refractivity contribution in [2.45, 2.75) is 45.1 Å². The molecule has 0 bridgehead atoms. The summed E-state index contributed by atoms with van der Waals surface area (Å²) in [7, 11) is 0. The Morgan fingerprint density at radius 3 is 2.38 bits per heavy atom. The summed E-state index contributed by atoms with van der Waals surface area (Å²) in [4.78, 5) is 2.45. The Hall–Kier alpha value is -0.0600. The van der Waals surface area contributed by atoms with Crippen LogP contribution in [-0.4, -0.2) is 31.1 Å². The van der Waals surface area contributed by atoms with Crippen LogP contribution in [0.25, 0.3) is 0 Å². The third-order valence-corrected chi connectivity index (χ3v) is 5.59. The van der Waals surface area contributed by atoms with Crippen LogP contribution in [0.3, 0.4) is 0 Å². The number of nitrogens with one attached hydrogen (secondary N) is 1. The topological polar surface area (TPSA) is 15.3 Å². The fourth-order valence-electron chi connectivity index (χ4n) is 4.08. The molecule has 1 aromatic rings. The Bertz CT molecular complexity index is 497. The smallest absolute Gasteiger partial charge is 0.132 e. The molecule has 1 aliphatic carbocycles. The lowest BCUT2D eigenvalue weighted by Gasteiger charge is -2.41. The summed E-state index contributed by atoms with van der Waals surface area (Å²) in [6, 6.07) is 3.79. The monoisotopic (exact) mass is 396 g/mol. The molecule has 1 saturated carbocycles. The second kappa shape index (κ2) is 10.2. The highest BCUT2D eigenvalue weighted by Crippen LogP contribution is 2.42. The average Bonchev–Trinajstić information content (AvgIpc) is 2.57. The lowest BCUT2D eigenvalue weighted by atomic mass is 9.79. The normalized spacial score (nSPS) is 20.8. The van der Waals surface area contributed by atoms with Crippen LogP contribution in [0.15, 0.2) is 12.1 Å². The van der Waals surface area contributed by atoms with Gasteiger partial charge in [-0.15, -0.1) is 24.8 Å². The number of nitrogens with zero attached hydrogens (tertiary/aromatic N) is 1. The zero-order valence-electron chi connectivity index (χ0n) is 14.2. The standard InChI is InChI=1S/C18H26ClFN2.2ClH/c1-13-7-8-15(19)16(17(13)20)18(14-5-3-2-4-6-14)22-11-9-21-10-12-22;;/h7-8,14,18,21H,2-6,9-12H2,1H3;2*1H/t18-;;/m0../s1. The van der Waals surface area contributed by atoms with E-state index in [9.17, 15) is 4.39 Å². The lowest BCUT2D eigenvalue weighted by Crippen LogP contribution is -2.47. The van der Waals surface area contributed by atoms with Gasteiger partial charge in [0.25, 0.3) is 0 Å². The van der Waals surface area contributed by atoms with E-state index < -0.39 is 0 Å². The van der Waals surface area contributed by atoms with Crippen molar-refractivity contribution in [3.8, 4) is 0 Å². The second-order valence-electron chi connectivity index (χ2n) is 6.72. The Morgan fingerprint density at radius 2 is 1.75 bits per heavy atom. The molecule has 3 rings (SSSR count). The Morgan fingerprint density at radius 1 is 1.12 bits per heavy atom. The van der Waals surface area contributed by atoms with E-state index in [2.05, 4.69) is 10.2 Å². The predicted octanol–water partition coefficient (Wildman–Crippen LogP) is 5.16. The van der Waals surface area contributed by atoms with Crippen molar-refractivity contribution in [1.29, 1.82) is 0 Å². The van der Waals surface area contributed by atoms with Crippen LogP contribution in [-0.2, 0) is 0 Å². The van der Waals surface area contributed by atoms with Gasteiger partial charge in [0.2, 0.25) is 0 Å². The van der Waals surface area contributed by atoms with Crippen LogP contribution in [0.4, 0.5) is 4.39 Å². The molecule has 0 spiro atoms. The molecule has 2 nitrogen and oxygen atoms in total. The summed E-state index contributed by atoms with van der Waals surface area (Å²) in [5.41, 5.74) is 1.45. The largest absolute Gasteiger partial charge is 0.314 e. The average molecular weight is 398 g/mol. The zero-order valence-corrected chi connectivity index (χ0v) is 16.6. The van der Waals surface area contributed by atoms with Gasteiger partial charge >= 0.3 is 0 Å². The van der Waals surface area contributed by atoms with E-state index in [1.54, 1.807) is 6.07 Å². The van der Waals surface area contributed by atoms with Gasteiger partial charge in [-0.1, -0.05) is 36.9 Å². The molecule has 2 fully saturated rings. The van der Waals surface area contributed by atoms with Gasteiger partial charge in [0, 0.05) is 42.8 Å².